The molecule has 0 aromatic carbocycles. The average molecular weight is 275 g/mol. The fraction of sp³-hybridized carbons (Fsp3) is 0.600. The first kappa shape index (κ1) is 13.4. The van der Waals surface area contributed by atoms with Crippen LogP contribution in [0.4, 0.5) is 4.79 Å². The number of carbonyl (C=O) groups excluding carboxylic acids is 1. The third-order valence-corrected chi connectivity index (χ3v) is 4.05. The molecular formula is C15H21N3O2. The fourth-order valence-electron chi connectivity index (χ4n) is 3.00. The number of hydrogen-bond acceptors (Lipinski definition) is 3. The molecule has 2 atom stereocenters. The zero-order valence-corrected chi connectivity index (χ0v) is 11.6. The highest BCUT2D eigenvalue weighted by atomic mass is 16.5. The summed E-state index contributed by atoms with van der Waals surface area (Å²) in [6.07, 6.45) is 6.15. The predicted octanol–water partition coefficient (Wildman–Crippen LogP) is 2.11. The van der Waals surface area contributed by atoms with Gasteiger partial charge in [-0.15, -0.1) is 0 Å². The smallest absolute Gasteiger partial charge is 0.318 e. The summed E-state index contributed by atoms with van der Waals surface area (Å²) in [5.74, 6) is 0. The summed E-state index contributed by atoms with van der Waals surface area (Å²) >= 11 is 0. The van der Waals surface area contributed by atoms with Crippen molar-refractivity contribution in [2.75, 3.05) is 19.7 Å². The van der Waals surface area contributed by atoms with Crippen LogP contribution in [0.1, 0.15) is 37.4 Å². The van der Waals surface area contributed by atoms with Crippen LogP contribution in [0.15, 0.2) is 24.4 Å². The van der Waals surface area contributed by atoms with Crippen molar-refractivity contribution in [3.63, 3.8) is 0 Å². The van der Waals surface area contributed by atoms with E-state index in [0.717, 1.165) is 44.5 Å². The van der Waals surface area contributed by atoms with Crippen LogP contribution in [-0.2, 0) is 4.74 Å². The Morgan fingerprint density at radius 3 is 3.10 bits per heavy atom. The first-order valence-corrected chi connectivity index (χ1v) is 7.41. The Bertz CT molecular complexity index is 446. The maximum atomic E-state index is 12.3. The van der Waals surface area contributed by atoms with Crippen LogP contribution in [0.25, 0.3) is 0 Å². The number of pyridine rings is 1. The van der Waals surface area contributed by atoms with E-state index in [-0.39, 0.29) is 18.2 Å². The highest BCUT2D eigenvalue weighted by Gasteiger charge is 2.31. The molecular weight excluding hydrogens is 254 g/mol. The number of rotatable bonds is 3. The van der Waals surface area contributed by atoms with Gasteiger partial charge in [-0.1, -0.05) is 6.07 Å². The van der Waals surface area contributed by atoms with Gasteiger partial charge in [0.25, 0.3) is 0 Å². The van der Waals surface area contributed by atoms with E-state index in [2.05, 4.69) is 10.3 Å². The molecule has 3 heterocycles. The Morgan fingerprint density at radius 1 is 1.40 bits per heavy atom. The number of urea groups is 1. The number of amides is 2. The topological polar surface area (TPSA) is 54.5 Å². The van der Waals surface area contributed by atoms with Gasteiger partial charge in [0.05, 0.1) is 17.8 Å². The molecule has 2 saturated heterocycles. The van der Waals surface area contributed by atoms with Crippen LogP contribution in [-0.4, -0.2) is 41.7 Å². The van der Waals surface area contributed by atoms with E-state index in [1.807, 2.05) is 23.1 Å². The number of hydrogen-bond donors (Lipinski definition) is 1. The lowest BCUT2D eigenvalue weighted by Gasteiger charge is -2.25. The van der Waals surface area contributed by atoms with Gasteiger partial charge in [-0.3, -0.25) is 4.98 Å². The molecule has 3 rings (SSSR count). The molecule has 0 unspecified atom stereocenters. The van der Waals surface area contributed by atoms with Crippen LogP contribution in [0.3, 0.4) is 0 Å². The Morgan fingerprint density at radius 2 is 2.35 bits per heavy atom. The molecule has 2 aliphatic heterocycles. The minimum Gasteiger partial charge on any atom is -0.376 e. The third kappa shape index (κ3) is 2.93. The van der Waals surface area contributed by atoms with Gasteiger partial charge in [0.2, 0.25) is 0 Å². The molecule has 5 nitrogen and oxygen atoms in total. The van der Waals surface area contributed by atoms with Crippen molar-refractivity contribution >= 4 is 6.03 Å². The lowest BCUT2D eigenvalue weighted by atomic mass is 10.1. The van der Waals surface area contributed by atoms with E-state index in [1.54, 1.807) is 6.20 Å². The average Bonchev–Trinajstić information content (AvgIpc) is 3.17. The van der Waals surface area contributed by atoms with Crippen molar-refractivity contribution in [2.24, 2.45) is 0 Å². The summed E-state index contributed by atoms with van der Waals surface area (Å²) in [6.45, 7) is 2.24. The standard InChI is InChI=1S/C15H21N3O2/c19-15(17-11-12-5-4-10-20-12)18-9-3-7-14(18)13-6-1-2-8-16-13/h1-2,6,8,12,14H,3-5,7,9-11H2,(H,17,19)/t12-,14-/m0/s1. The van der Waals surface area contributed by atoms with E-state index >= 15 is 0 Å². The van der Waals surface area contributed by atoms with Gasteiger partial charge >= 0.3 is 6.03 Å². The van der Waals surface area contributed by atoms with Gasteiger partial charge in [-0.25, -0.2) is 4.79 Å². The van der Waals surface area contributed by atoms with Crippen LogP contribution in [0, 0.1) is 0 Å². The molecule has 0 bridgehead atoms. The summed E-state index contributed by atoms with van der Waals surface area (Å²) in [4.78, 5) is 18.6. The number of carbonyl (C=O) groups is 1. The second-order valence-corrected chi connectivity index (χ2v) is 5.43. The molecule has 0 spiro atoms. The van der Waals surface area contributed by atoms with Crippen molar-refractivity contribution in [3.05, 3.63) is 30.1 Å². The molecule has 1 aromatic rings. The van der Waals surface area contributed by atoms with Gasteiger partial charge in [0.1, 0.15) is 0 Å². The Balaban J connectivity index is 1.58. The van der Waals surface area contributed by atoms with Crippen molar-refractivity contribution in [1.29, 1.82) is 0 Å². The minimum absolute atomic E-state index is 0.00801. The van der Waals surface area contributed by atoms with Crippen molar-refractivity contribution in [2.45, 2.75) is 37.8 Å². The molecule has 1 N–H and O–H groups in total. The van der Waals surface area contributed by atoms with E-state index in [1.165, 1.54) is 0 Å². The number of likely N-dealkylation sites (tertiary alicyclic amines) is 1. The highest BCUT2D eigenvalue weighted by Crippen LogP contribution is 2.30. The maximum absolute atomic E-state index is 12.3. The zero-order valence-electron chi connectivity index (χ0n) is 11.6. The largest absolute Gasteiger partial charge is 0.376 e. The van der Waals surface area contributed by atoms with E-state index < -0.39 is 0 Å². The summed E-state index contributed by atoms with van der Waals surface area (Å²) in [5, 5.41) is 3.00. The van der Waals surface area contributed by atoms with Crippen LogP contribution in [0.5, 0.6) is 0 Å². The molecule has 108 valence electrons. The van der Waals surface area contributed by atoms with Gasteiger partial charge < -0.3 is 15.0 Å². The quantitative estimate of drug-likeness (QED) is 0.919. The van der Waals surface area contributed by atoms with Gasteiger partial charge in [-0.2, -0.15) is 0 Å². The molecule has 0 saturated carbocycles. The maximum Gasteiger partial charge on any atom is 0.318 e. The van der Waals surface area contributed by atoms with Crippen molar-refractivity contribution in [1.82, 2.24) is 15.2 Å². The first-order valence-electron chi connectivity index (χ1n) is 7.41. The number of aromatic nitrogens is 1. The molecule has 0 aliphatic carbocycles. The Hall–Kier alpha value is -1.62. The van der Waals surface area contributed by atoms with Gasteiger partial charge in [0.15, 0.2) is 0 Å². The Kier molecular flexibility index (Phi) is 4.16. The third-order valence-electron chi connectivity index (χ3n) is 4.05. The van der Waals surface area contributed by atoms with E-state index in [4.69, 9.17) is 4.74 Å². The number of ether oxygens (including phenoxy) is 1. The molecule has 0 radical (unpaired) electrons. The lowest BCUT2D eigenvalue weighted by Crippen LogP contribution is -2.42. The zero-order chi connectivity index (χ0) is 13.8. The summed E-state index contributed by atoms with van der Waals surface area (Å²) in [5.41, 5.74) is 0.984. The molecule has 20 heavy (non-hydrogen) atoms. The van der Waals surface area contributed by atoms with Crippen LogP contribution >= 0.6 is 0 Å². The predicted molar refractivity (Wildman–Crippen MR) is 75.3 cm³/mol. The molecule has 2 amide bonds. The second-order valence-electron chi connectivity index (χ2n) is 5.43. The van der Waals surface area contributed by atoms with Crippen LogP contribution < -0.4 is 5.32 Å². The summed E-state index contributed by atoms with van der Waals surface area (Å²) in [7, 11) is 0. The number of nitrogens with zero attached hydrogens (tertiary/aromatic N) is 2. The minimum atomic E-state index is 0.00801. The van der Waals surface area contributed by atoms with Crippen molar-refractivity contribution < 1.29 is 9.53 Å². The van der Waals surface area contributed by atoms with Crippen molar-refractivity contribution in [3.8, 4) is 0 Å². The molecule has 2 fully saturated rings. The molecule has 2 aliphatic rings. The van der Waals surface area contributed by atoms with Gasteiger partial charge in [0, 0.05) is 25.9 Å². The highest BCUT2D eigenvalue weighted by molar-refractivity contribution is 5.75. The second kappa shape index (κ2) is 6.22. The number of nitrogens with one attached hydrogen (secondary N) is 1. The Labute approximate surface area is 119 Å². The SMILES string of the molecule is O=C(NC[C@@H]1CCCO1)N1CCC[C@H]1c1ccccn1. The monoisotopic (exact) mass is 275 g/mol. The first-order chi connectivity index (χ1) is 9.84. The fourth-order valence-corrected chi connectivity index (χ4v) is 3.00. The van der Waals surface area contributed by atoms with Gasteiger partial charge in [-0.05, 0) is 37.8 Å². The van der Waals surface area contributed by atoms with E-state index in [9.17, 15) is 4.79 Å². The summed E-state index contributed by atoms with van der Waals surface area (Å²) in [6, 6.07) is 5.99. The van der Waals surface area contributed by atoms with E-state index in [0.29, 0.717) is 6.54 Å². The van der Waals surface area contributed by atoms with Crippen LogP contribution in [0.2, 0.25) is 0 Å². The lowest BCUT2D eigenvalue weighted by molar-refractivity contribution is 0.108. The molecule has 5 heteroatoms. The molecule has 1 aromatic heterocycles. The summed E-state index contributed by atoms with van der Waals surface area (Å²) < 4.78 is 5.53. The normalized spacial score (nSPS) is 25.9.